The van der Waals surface area contributed by atoms with Crippen molar-refractivity contribution in [2.45, 2.75) is 26.2 Å². The van der Waals surface area contributed by atoms with Gasteiger partial charge in [-0.25, -0.2) is 0 Å². The van der Waals surface area contributed by atoms with Gasteiger partial charge in [0.1, 0.15) is 0 Å². The van der Waals surface area contributed by atoms with Gasteiger partial charge < -0.3 is 14.3 Å². The molecule has 0 aromatic carbocycles. The summed E-state index contributed by atoms with van der Waals surface area (Å²) in [6, 6.07) is 0. The fourth-order valence-electron chi connectivity index (χ4n) is 4.74. The standard InChI is InChI=1S/C16H32N3/c1-4-17-8-6-16(13-17)7-9-18(14-16)11-15-5-10-19(2,3)12-15/h15H,4-14H2,1-3H3/q+1. The molecule has 0 N–H and O–H groups in total. The van der Waals surface area contributed by atoms with Crippen LogP contribution in [0.3, 0.4) is 0 Å². The van der Waals surface area contributed by atoms with E-state index in [4.69, 9.17) is 0 Å². The molecule has 3 heterocycles. The highest BCUT2D eigenvalue weighted by Gasteiger charge is 2.44. The van der Waals surface area contributed by atoms with Gasteiger partial charge >= 0.3 is 0 Å². The Morgan fingerprint density at radius 1 is 1.11 bits per heavy atom. The van der Waals surface area contributed by atoms with E-state index >= 15 is 0 Å². The molecular formula is C16H32N3+. The lowest BCUT2D eigenvalue weighted by Gasteiger charge is -2.27. The van der Waals surface area contributed by atoms with Crippen molar-refractivity contribution in [3.63, 3.8) is 0 Å². The largest absolute Gasteiger partial charge is 0.328 e. The number of hydrogen-bond acceptors (Lipinski definition) is 2. The van der Waals surface area contributed by atoms with Gasteiger partial charge in [-0.05, 0) is 37.9 Å². The van der Waals surface area contributed by atoms with Crippen molar-refractivity contribution in [2.75, 3.05) is 66.5 Å². The molecule has 3 fully saturated rings. The van der Waals surface area contributed by atoms with Gasteiger partial charge in [0.05, 0.1) is 27.2 Å². The minimum absolute atomic E-state index is 0.666. The number of likely N-dealkylation sites (tertiary alicyclic amines) is 3. The molecule has 0 bridgehead atoms. The number of hydrogen-bond donors (Lipinski definition) is 0. The Hall–Kier alpha value is -0.120. The summed E-state index contributed by atoms with van der Waals surface area (Å²) >= 11 is 0. The summed E-state index contributed by atoms with van der Waals surface area (Å²) in [6.45, 7) is 13.2. The first-order valence-corrected chi connectivity index (χ1v) is 8.27. The summed E-state index contributed by atoms with van der Waals surface area (Å²) in [7, 11) is 4.78. The molecular weight excluding hydrogens is 234 g/mol. The topological polar surface area (TPSA) is 6.48 Å². The molecule has 3 aliphatic heterocycles. The lowest BCUT2D eigenvalue weighted by molar-refractivity contribution is -0.879. The second-order valence-electron chi connectivity index (χ2n) is 8.10. The van der Waals surface area contributed by atoms with Crippen LogP contribution >= 0.6 is 0 Å². The normalized spacial score (nSPS) is 39.6. The summed E-state index contributed by atoms with van der Waals surface area (Å²) in [6.07, 6.45) is 4.34. The van der Waals surface area contributed by atoms with Gasteiger partial charge in [0.2, 0.25) is 0 Å². The van der Waals surface area contributed by atoms with Crippen LogP contribution in [0, 0.1) is 11.3 Å². The van der Waals surface area contributed by atoms with Gasteiger partial charge in [-0.15, -0.1) is 0 Å². The first-order valence-electron chi connectivity index (χ1n) is 8.27. The Morgan fingerprint density at radius 2 is 1.79 bits per heavy atom. The van der Waals surface area contributed by atoms with Crippen molar-refractivity contribution < 1.29 is 4.48 Å². The Balaban J connectivity index is 1.50. The van der Waals surface area contributed by atoms with E-state index in [9.17, 15) is 0 Å². The average Bonchev–Trinajstić information content (AvgIpc) is 3.02. The van der Waals surface area contributed by atoms with Crippen LogP contribution < -0.4 is 0 Å². The van der Waals surface area contributed by atoms with Crippen molar-refractivity contribution in [3.8, 4) is 0 Å². The zero-order valence-corrected chi connectivity index (χ0v) is 13.2. The predicted molar refractivity (Wildman–Crippen MR) is 80.2 cm³/mol. The molecule has 0 saturated carbocycles. The lowest BCUT2D eigenvalue weighted by atomic mass is 9.86. The molecule has 3 saturated heterocycles. The molecule has 1 spiro atoms. The highest BCUT2D eigenvalue weighted by Crippen LogP contribution is 2.39. The van der Waals surface area contributed by atoms with Crippen LogP contribution in [0.5, 0.6) is 0 Å². The van der Waals surface area contributed by atoms with Crippen molar-refractivity contribution in [2.24, 2.45) is 11.3 Å². The van der Waals surface area contributed by atoms with Gasteiger partial charge in [-0.2, -0.15) is 0 Å². The van der Waals surface area contributed by atoms with Crippen LogP contribution in [0.1, 0.15) is 26.2 Å². The molecule has 3 rings (SSSR count). The second-order valence-corrected chi connectivity index (χ2v) is 8.10. The van der Waals surface area contributed by atoms with Crippen LogP contribution in [-0.2, 0) is 0 Å². The maximum atomic E-state index is 2.79. The number of quaternary nitrogens is 1. The first-order chi connectivity index (χ1) is 9.00. The predicted octanol–water partition coefficient (Wildman–Crippen LogP) is 1.50. The van der Waals surface area contributed by atoms with E-state index in [1.807, 2.05) is 0 Å². The molecule has 0 aromatic rings. The quantitative estimate of drug-likeness (QED) is 0.714. The molecule has 2 unspecified atom stereocenters. The minimum atomic E-state index is 0.666. The third kappa shape index (κ3) is 2.98. The van der Waals surface area contributed by atoms with Crippen molar-refractivity contribution in [1.29, 1.82) is 0 Å². The SMILES string of the molecule is CCN1CCC2(CCN(CC3CC[N+](C)(C)C3)C2)C1. The van der Waals surface area contributed by atoms with E-state index in [0.29, 0.717) is 5.41 Å². The molecule has 110 valence electrons. The summed E-state index contributed by atoms with van der Waals surface area (Å²) < 4.78 is 1.24. The number of rotatable bonds is 3. The summed E-state index contributed by atoms with van der Waals surface area (Å²) in [5.41, 5.74) is 0.666. The molecule has 0 radical (unpaired) electrons. The van der Waals surface area contributed by atoms with Gasteiger partial charge in [-0.1, -0.05) is 6.92 Å². The fraction of sp³-hybridized carbons (Fsp3) is 1.00. The van der Waals surface area contributed by atoms with Gasteiger partial charge in [0.25, 0.3) is 0 Å². The van der Waals surface area contributed by atoms with Crippen LogP contribution in [0.4, 0.5) is 0 Å². The third-order valence-corrected chi connectivity index (χ3v) is 5.89. The van der Waals surface area contributed by atoms with Gasteiger partial charge in [0, 0.05) is 32.0 Å². The van der Waals surface area contributed by atoms with E-state index in [1.165, 1.54) is 76.1 Å². The van der Waals surface area contributed by atoms with E-state index in [1.54, 1.807) is 0 Å². The Morgan fingerprint density at radius 3 is 2.37 bits per heavy atom. The minimum Gasteiger partial charge on any atom is -0.328 e. The molecule has 2 atom stereocenters. The Kier molecular flexibility index (Phi) is 3.65. The van der Waals surface area contributed by atoms with Crippen LogP contribution in [-0.4, -0.2) is 80.7 Å². The molecule has 3 nitrogen and oxygen atoms in total. The van der Waals surface area contributed by atoms with Crippen LogP contribution in [0.15, 0.2) is 0 Å². The zero-order chi connectivity index (χ0) is 13.5. The summed E-state index contributed by atoms with van der Waals surface area (Å²) in [5, 5.41) is 0. The van der Waals surface area contributed by atoms with Crippen LogP contribution in [0.2, 0.25) is 0 Å². The second kappa shape index (κ2) is 5.01. The third-order valence-electron chi connectivity index (χ3n) is 5.89. The monoisotopic (exact) mass is 266 g/mol. The van der Waals surface area contributed by atoms with E-state index < -0.39 is 0 Å². The molecule has 19 heavy (non-hydrogen) atoms. The average molecular weight is 266 g/mol. The van der Waals surface area contributed by atoms with Crippen molar-refractivity contribution >= 4 is 0 Å². The Bertz CT molecular complexity index is 328. The molecule has 0 aliphatic carbocycles. The lowest BCUT2D eigenvalue weighted by Crippen LogP contribution is -2.38. The maximum absolute atomic E-state index is 2.79. The van der Waals surface area contributed by atoms with Crippen LogP contribution in [0.25, 0.3) is 0 Å². The first kappa shape index (κ1) is 13.8. The van der Waals surface area contributed by atoms with E-state index in [2.05, 4.69) is 30.8 Å². The van der Waals surface area contributed by atoms with Gasteiger partial charge in [-0.3, -0.25) is 0 Å². The highest BCUT2D eigenvalue weighted by molar-refractivity contribution is 4.97. The Labute approximate surface area is 119 Å². The van der Waals surface area contributed by atoms with Crippen molar-refractivity contribution in [3.05, 3.63) is 0 Å². The summed E-state index contributed by atoms with van der Waals surface area (Å²) in [4.78, 5) is 5.44. The fourth-order valence-corrected chi connectivity index (χ4v) is 4.74. The molecule has 0 amide bonds. The number of nitrogens with zero attached hydrogens (tertiary/aromatic N) is 3. The molecule has 3 heteroatoms. The smallest absolute Gasteiger partial charge is 0.0825 e. The summed E-state index contributed by atoms with van der Waals surface area (Å²) in [5.74, 6) is 0.953. The van der Waals surface area contributed by atoms with Gasteiger partial charge in [0.15, 0.2) is 0 Å². The molecule has 0 aromatic heterocycles. The van der Waals surface area contributed by atoms with Crippen molar-refractivity contribution in [1.82, 2.24) is 9.80 Å². The van der Waals surface area contributed by atoms with E-state index in [0.717, 1.165) is 5.92 Å². The maximum Gasteiger partial charge on any atom is 0.0825 e. The molecule has 3 aliphatic rings. The van der Waals surface area contributed by atoms with E-state index in [-0.39, 0.29) is 0 Å². The highest BCUT2D eigenvalue weighted by atomic mass is 15.3. The zero-order valence-electron chi connectivity index (χ0n) is 13.2.